The summed E-state index contributed by atoms with van der Waals surface area (Å²) in [7, 11) is 0. The predicted molar refractivity (Wildman–Crippen MR) is 84.4 cm³/mol. The lowest BCUT2D eigenvalue weighted by molar-refractivity contribution is -0.879. The highest BCUT2D eigenvalue weighted by Crippen LogP contribution is 2.13. The van der Waals surface area contributed by atoms with Crippen LogP contribution in [0.3, 0.4) is 0 Å². The van der Waals surface area contributed by atoms with Gasteiger partial charge in [0.05, 0.1) is 38.7 Å². The van der Waals surface area contributed by atoms with Crippen LogP contribution in [0.5, 0.6) is 0 Å². The molecule has 0 heterocycles. The monoisotopic (exact) mass is 316 g/mol. The summed E-state index contributed by atoms with van der Waals surface area (Å²) in [6.07, 6.45) is 9.29. The highest BCUT2D eigenvalue weighted by atomic mass is 16.4. The van der Waals surface area contributed by atoms with Crippen molar-refractivity contribution in [3.8, 4) is 0 Å². The summed E-state index contributed by atoms with van der Waals surface area (Å²) in [6.45, 7) is 2.99. The Balaban J connectivity index is 4.71. The van der Waals surface area contributed by atoms with Gasteiger partial charge in [0.25, 0.3) is 0 Å². The topological polar surface area (TPSA) is 94.8 Å². The lowest BCUT2D eigenvalue weighted by atomic mass is 10.1. The molecule has 0 unspecified atom stereocenters. The van der Waals surface area contributed by atoms with Crippen molar-refractivity contribution >= 4 is 11.9 Å². The molecular formula is C16H30NO5+. The minimum Gasteiger partial charge on any atom is -0.481 e. The fourth-order valence-corrected chi connectivity index (χ4v) is 2.38. The first-order valence-electron chi connectivity index (χ1n) is 8.03. The fraction of sp³-hybridized carbons (Fsp3) is 0.750. The molecule has 0 rings (SSSR count). The molecule has 0 saturated carbocycles. The zero-order chi connectivity index (χ0) is 16.8. The summed E-state index contributed by atoms with van der Waals surface area (Å²) >= 11 is 0. The maximum Gasteiger partial charge on any atom is 0.309 e. The zero-order valence-corrected chi connectivity index (χ0v) is 13.5. The van der Waals surface area contributed by atoms with Gasteiger partial charge in [-0.3, -0.25) is 14.1 Å². The van der Waals surface area contributed by atoms with Gasteiger partial charge in [-0.2, -0.15) is 0 Å². The van der Waals surface area contributed by atoms with Crippen molar-refractivity contribution in [2.45, 2.75) is 51.9 Å². The number of hydrogen-bond donors (Lipinski definition) is 3. The number of aliphatic carboxylic acids is 2. The van der Waals surface area contributed by atoms with Gasteiger partial charge in [-0.25, -0.2) is 0 Å². The molecular weight excluding hydrogens is 286 g/mol. The maximum absolute atomic E-state index is 10.8. The van der Waals surface area contributed by atoms with Crippen LogP contribution in [0.25, 0.3) is 0 Å². The summed E-state index contributed by atoms with van der Waals surface area (Å²) in [5.74, 6) is -1.82. The highest BCUT2D eigenvalue weighted by Gasteiger charge is 2.26. The van der Waals surface area contributed by atoms with Crippen molar-refractivity contribution in [1.29, 1.82) is 0 Å². The van der Waals surface area contributed by atoms with E-state index in [0.717, 1.165) is 19.3 Å². The molecule has 0 saturated heterocycles. The number of allylic oxidation sites excluding steroid dienone is 1. The Morgan fingerprint density at radius 3 is 2.00 bits per heavy atom. The van der Waals surface area contributed by atoms with Crippen LogP contribution in [0.1, 0.15) is 51.9 Å². The Hall–Kier alpha value is -1.40. The average Bonchev–Trinajstić information content (AvgIpc) is 2.46. The normalized spacial score (nSPS) is 11.9. The molecule has 6 nitrogen and oxygen atoms in total. The number of aliphatic hydroxyl groups is 1. The van der Waals surface area contributed by atoms with Crippen molar-refractivity contribution in [2.75, 3.05) is 26.2 Å². The van der Waals surface area contributed by atoms with Crippen LogP contribution in [0, 0.1) is 0 Å². The first-order valence-corrected chi connectivity index (χ1v) is 8.03. The Bertz CT molecular complexity index is 336. The molecule has 0 amide bonds. The molecule has 0 aromatic rings. The van der Waals surface area contributed by atoms with E-state index in [9.17, 15) is 14.7 Å². The number of nitrogens with zero attached hydrogens (tertiary/aromatic N) is 1. The number of carbonyl (C=O) groups is 2. The molecule has 0 aliphatic heterocycles. The number of aliphatic hydroxyl groups excluding tert-OH is 1. The number of carboxylic acids is 2. The Kier molecular flexibility index (Phi) is 11.4. The summed E-state index contributed by atoms with van der Waals surface area (Å²) in [6, 6.07) is 0. The Morgan fingerprint density at radius 2 is 1.55 bits per heavy atom. The van der Waals surface area contributed by atoms with Gasteiger partial charge in [0.1, 0.15) is 6.54 Å². The van der Waals surface area contributed by atoms with E-state index in [1.165, 1.54) is 12.8 Å². The Labute approximate surface area is 132 Å². The summed E-state index contributed by atoms with van der Waals surface area (Å²) in [4.78, 5) is 21.6. The third kappa shape index (κ3) is 10.3. The second-order valence-electron chi connectivity index (χ2n) is 5.63. The van der Waals surface area contributed by atoms with Gasteiger partial charge < -0.3 is 15.3 Å². The molecule has 128 valence electrons. The SMILES string of the molecule is CCCCCC/C=C/[N+](CCO)(CCC(=O)O)CCC(=O)O. The molecule has 0 aliphatic rings. The van der Waals surface area contributed by atoms with Crippen molar-refractivity contribution in [1.82, 2.24) is 0 Å². The van der Waals surface area contributed by atoms with Gasteiger partial charge >= 0.3 is 11.9 Å². The summed E-state index contributed by atoms with van der Waals surface area (Å²) < 4.78 is 0.211. The number of rotatable bonds is 14. The molecule has 0 aromatic carbocycles. The quantitative estimate of drug-likeness (QED) is 0.337. The average molecular weight is 316 g/mol. The van der Waals surface area contributed by atoms with Crippen LogP contribution in [0.15, 0.2) is 12.3 Å². The molecule has 0 spiro atoms. The highest BCUT2D eigenvalue weighted by molar-refractivity contribution is 5.67. The molecule has 0 radical (unpaired) electrons. The maximum atomic E-state index is 10.8. The van der Waals surface area contributed by atoms with E-state index in [1.54, 1.807) is 0 Å². The summed E-state index contributed by atoms with van der Waals surface area (Å²) in [5.41, 5.74) is 0. The minimum atomic E-state index is -0.910. The second kappa shape index (κ2) is 12.2. The first-order chi connectivity index (χ1) is 10.5. The van der Waals surface area contributed by atoms with E-state index >= 15 is 0 Å². The Morgan fingerprint density at radius 1 is 0.955 bits per heavy atom. The fourth-order valence-electron chi connectivity index (χ4n) is 2.38. The van der Waals surface area contributed by atoms with Crippen LogP contribution in [-0.4, -0.2) is 58.0 Å². The lowest BCUT2D eigenvalue weighted by Gasteiger charge is -2.33. The van der Waals surface area contributed by atoms with Gasteiger partial charge in [-0.1, -0.05) is 26.2 Å². The van der Waals surface area contributed by atoms with Gasteiger partial charge in [-0.15, -0.1) is 0 Å². The van der Waals surface area contributed by atoms with E-state index in [-0.39, 0.29) is 23.9 Å². The van der Waals surface area contributed by atoms with E-state index in [1.807, 2.05) is 12.3 Å². The third-order valence-corrected chi connectivity index (χ3v) is 3.73. The van der Waals surface area contributed by atoms with Crippen LogP contribution in [0.4, 0.5) is 0 Å². The second-order valence-corrected chi connectivity index (χ2v) is 5.63. The van der Waals surface area contributed by atoms with Crippen LogP contribution in [-0.2, 0) is 9.59 Å². The third-order valence-electron chi connectivity index (χ3n) is 3.73. The van der Waals surface area contributed by atoms with Crippen molar-refractivity contribution in [2.24, 2.45) is 0 Å². The van der Waals surface area contributed by atoms with E-state index in [4.69, 9.17) is 10.2 Å². The largest absolute Gasteiger partial charge is 0.481 e. The number of hydrogen-bond acceptors (Lipinski definition) is 3. The lowest BCUT2D eigenvalue weighted by Crippen LogP contribution is -2.47. The molecule has 0 bridgehead atoms. The van der Waals surface area contributed by atoms with E-state index in [2.05, 4.69) is 6.92 Å². The first kappa shape index (κ1) is 20.6. The van der Waals surface area contributed by atoms with Crippen molar-refractivity contribution < 1.29 is 29.4 Å². The molecule has 22 heavy (non-hydrogen) atoms. The number of unbranched alkanes of at least 4 members (excludes halogenated alkanes) is 4. The molecule has 0 fully saturated rings. The predicted octanol–water partition coefficient (Wildman–Crippen LogP) is 2.23. The molecule has 0 atom stereocenters. The number of quaternary nitrogens is 1. The van der Waals surface area contributed by atoms with Gasteiger partial charge in [0, 0.05) is 0 Å². The molecule has 6 heteroatoms. The molecule has 3 N–H and O–H groups in total. The van der Waals surface area contributed by atoms with Crippen LogP contribution < -0.4 is 0 Å². The molecule has 0 aliphatic carbocycles. The van der Waals surface area contributed by atoms with Crippen LogP contribution >= 0.6 is 0 Å². The summed E-state index contributed by atoms with van der Waals surface area (Å²) in [5, 5.41) is 27.0. The van der Waals surface area contributed by atoms with E-state index in [0.29, 0.717) is 19.6 Å². The number of carboxylic acid groups (broad SMARTS) is 2. The zero-order valence-electron chi connectivity index (χ0n) is 13.5. The van der Waals surface area contributed by atoms with Gasteiger partial charge in [-0.05, 0) is 18.9 Å². The van der Waals surface area contributed by atoms with Crippen molar-refractivity contribution in [3.63, 3.8) is 0 Å². The van der Waals surface area contributed by atoms with Gasteiger partial charge in [0.2, 0.25) is 0 Å². The molecule has 0 aromatic heterocycles. The smallest absolute Gasteiger partial charge is 0.309 e. The van der Waals surface area contributed by atoms with E-state index < -0.39 is 11.9 Å². The van der Waals surface area contributed by atoms with Gasteiger partial charge in [0.15, 0.2) is 0 Å². The van der Waals surface area contributed by atoms with Crippen molar-refractivity contribution in [3.05, 3.63) is 12.3 Å². The minimum absolute atomic E-state index is 0.0419. The standard InChI is InChI=1S/C16H29NO5/c1-2-3-4-5-6-7-10-17(13-14-18,11-8-15(19)20)12-9-16(21)22/h7,10,18H,2-6,8-9,11-14H2,1H3,(H-,19,20,21,22)/p+1/b10-7+. The van der Waals surface area contributed by atoms with Crippen LogP contribution in [0.2, 0.25) is 0 Å².